The number of carboxylic acid groups (broad SMARTS) is 1. The molecule has 2 atom stereocenters. The molecule has 1 aromatic carbocycles. The molecule has 6 heteroatoms. The SMILES string of the molecule is COC(=O)c1cccc(CNCN2C(CC(C)(C)C)CCC2C(=O)O)c1. The van der Waals surface area contributed by atoms with Crippen molar-refractivity contribution >= 4 is 11.9 Å². The number of likely N-dealkylation sites (tertiary alicyclic amines) is 1. The van der Waals surface area contributed by atoms with E-state index in [0.29, 0.717) is 25.2 Å². The smallest absolute Gasteiger partial charge is 0.337 e. The Labute approximate surface area is 155 Å². The van der Waals surface area contributed by atoms with Gasteiger partial charge in [-0.2, -0.15) is 0 Å². The summed E-state index contributed by atoms with van der Waals surface area (Å²) in [7, 11) is 1.36. The van der Waals surface area contributed by atoms with Crippen molar-refractivity contribution in [2.45, 2.75) is 58.7 Å². The lowest BCUT2D eigenvalue weighted by atomic mass is 9.87. The van der Waals surface area contributed by atoms with Crippen LogP contribution in [0.2, 0.25) is 0 Å². The average molecular weight is 362 g/mol. The summed E-state index contributed by atoms with van der Waals surface area (Å²) in [6.07, 6.45) is 2.57. The van der Waals surface area contributed by atoms with Crippen molar-refractivity contribution in [2.24, 2.45) is 5.41 Å². The first kappa shape index (κ1) is 20.4. The number of carbonyl (C=O) groups is 2. The molecule has 144 valence electrons. The van der Waals surface area contributed by atoms with Crippen LogP contribution in [0.25, 0.3) is 0 Å². The molecule has 1 aliphatic heterocycles. The predicted molar refractivity (Wildman–Crippen MR) is 99.8 cm³/mol. The molecular weight excluding hydrogens is 332 g/mol. The van der Waals surface area contributed by atoms with E-state index in [2.05, 4.69) is 31.0 Å². The Hall–Kier alpha value is -1.92. The summed E-state index contributed by atoms with van der Waals surface area (Å²) in [6, 6.07) is 7.10. The van der Waals surface area contributed by atoms with Gasteiger partial charge in [-0.05, 0) is 42.4 Å². The van der Waals surface area contributed by atoms with E-state index >= 15 is 0 Å². The Bertz CT molecular complexity index is 639. The maximum Gasteiger partial charge on any atom is 0.337 e. The number of hydrogen-bond acceptors (Lipinski definition) is 5. The largest absolute Gasteiger partial charge is 0.480 e. The summed E-state index contributed by atoms with van der Waals surface area (Å²) in [4.78, 5) is 25.3. The van der Waals surface area contributed by atoms with Crippen LogP contribution in [0.1, 0.15) is 56.0 Å². The zero-order valence-electron chi connectivity index (χ0n) is 16.1. The standard InChI is InChI=1S/C20H30N2O4/c1-20(2,3)11-16-8-9-17(18(23)24)22(16)13-21-12-14-6-5-7-15(10-14)19(25)26-4/h5-7,10,16-17,21H,8-9,11-13H2,1-4H3,(H,23,24). The molecule has 1 aromatic rings. The maximum atomic E-state index is 11.6. The highest BCUT2D eigenvalue weighted by Crippen LogP contribution is 2.32. The van der Waals surface area contributed by atoms with Crippen LogP contribution in [0.3, 0.4) is 0 Å². The van der Waals surface area contributed by atoms with Gasteiger partial charge in [0, 0.05) is 19.3 Å². The lowest BCUT2D eigenvalue weighted by molar-refractivity contribution is -0.143. The van der Waals surface area contributed by atoms with Gasteiger partial charge in [0.25, 0.3) is 0 Å². The fourth-order valence-corrected chi connectivity index (χ4v) is 3.62. The second kappa shape index (κ2) is 8.64. The fraction of sp³-hybridized carbons (Fsp3) is 0.600. The maximum absolute atomic E-state index is 11.6. The molecule has 2 N–H and O–H groups in total. The Kier molecular flexibility index (Phi) is 6.78. The lowest BCUT2D eigenvalue weighted by Gasteiger charge is -2.32. The van der Waals surface area contributed by atoms with Crippen LogP contribution in [0.5, 0.6) is 0 Å². The number of nitrogens with one attached hydrogen (secondary N) is 1. The van der Waals surface area contributed by atoms with Gasteiger partial charge in [-0.1, -0.05) is 32.9 Å². The van der Waals surface area contributed by atoms with Crippen molar-refractivity contribution in [3.63, 3.8) is 0 Å². The summed E-state index contributed by atoms with van der Waals surface area (Å²) < 4.78 is 4.75. The van der Waals surface area contributed by atoms with E-state index < -0.39 is 12.0 Å². The number of ether oxygens (including phenoxy) is 1. The minimum Gasteiger partial charge on any atom is -0.480 e. The van der Waals surface area contributed by atoms with Crippen LogP contribution in [0, 0.1) is 5.41 Å². The lowest BCUT2D eigenvalue weighted by Crippen LogP contribution is -2.46. The summed E-state index contributed by atoms with van der Waals surface area (Å²) >= 11 is 0. The third kappa shape index (κ3) is 5.54. The number of aliphatic carboxylic acids is 1. The number of hydrogen-bond donors (Lipinski definition) is 2. The van der Waals surface area contributed by atoms with E-state index in [1.807, 2.05) is 12.1 Å². The highest BCUT2D eigenvalue weighted by molar-refractivity contribution is 5.89. The zero-order valence-corrected chi connectivity index (χ0v) is 16.1. The van der Waals surface area contributed by atoms with Crippen molar-refractivity contribution < 1.29 is 19.4 Å². The number of benzene rings is 1. The molecule has 1 saturated heterocycles. The first-order chi connectivity index (χ1) is 12.2. The molecule has 0 radical (unpaired) electrons. The highest BCUT2D eigenvalue weighted by atomic mass is 16.5. The van der Waals surface area contributed by atoms with Crippen molar-refractivity contribution in [3.05, 3.63) is 35.4 Å². The van der Waals surface area contributed by atoms with E-state index in [4.69, 9.17) is 4.74 Å². The summed E-state index contributed by atoms with van der Waals surface area (Å²) in [6.45, 7) is 7.64. The van der Waals surface area contributed by atoms with Crippen molar-refractivity contribution in [1.82, 2.24) is 10.2 Å². The van der Waals surface area contributed by atoms with Gasteiger partial charge in [0.1, 0.15) is 6.04 Å². The first-order valence-corrected chi connectivity index (χ1v) is 9.08. The molecule has 0 saturated carbocycles. The Morgan fingerprint density at radius 2 is 2.04 bits per heavy atom. The normalized spacial score (nSPS) is 20.9. The van der Waals surface area contributed by atoms with Gasteiger partial charge in [0.2, 0.25) is 0 Å². The molecule has 0 amide bonds. The second-order valence-corrected chi connectivity index (χ2v) is 8.14. The highest BCUT2D eigenvalue weighted by Gasteiger charge is 2.38. The molecule has 2 rings (SSSR count). The number of methoxy groups -OCH3 is 1. The van der Waals surface area contributed by atoms with Crippen molar-refractivity contribution in [3.8, 4) is 0 Å². The molecule has 0 aliphatic carbocycles. The number of carbonyl (C=O) groups excluding carboxylic acids is 1. The Morgan fingerprint density at radius 3 is 2.65 bits per heavy atom. The number of rotatable bonds is 7. The minimum atomic E-state index is -0.754. The molecule has 6 nitrogen and oxygen atoms in total. The van der Waals surface area contributed by atoms with Crippen molar-refractivity contribution in [2.75, 3.05) is 13.8 Å². The third-order valence-electron chi connectivity index (χ3n) is 4.75. The fourth-order valence-electron chi connectivity index (χ4n) is 3.62. The number of carboxylic acids is 1. The molecule has 1 fully saturated rings. The predicted octanol–water partition coefficient (Wildman–Crippen LogP) is 2.87. The monoisotopic (exact) mass is 362 g/mol. The zero-order chi connectivity index (χ0) is 19.3. The van der Waals surface area contributed by atoms with Crippen LogP contribution in [-0.2, 0) is 16.1 Å². The van der Waals surface area contributed by atoms with Gasteiger partial charge in [0.15, 0.2) is 0 Å². The topological polar surface area (TPSA) is 78.9 Å². The molecule has 1 heterocycles. The average Bonchev–Trinajstić information content (AvgIpc) is 2.95. The number of nitrogens with zero attached hydrogens (tertiary/aromatic N) is 1. The van der Waals surface area contributed by atoms with Gasteiger partial charge >= 0.3 is 11.9 Å². The van der Waals surface area contributed by atoms with Crippen LogP contribution in [0.15, 0.2) is 24.3 Å². The van der Waals surface area contributed by atoms with Crippen LogP contribution >= 0.6 is 0 Å². The van der Waals surface area contributed by atoms with Gasteiger partial charge in [-0.15, -0.1) is 0 Å². The molecule has 1 aliphatic rings. The Morgan fingerprint density at radius 1 is 1.31 bits per heavy atom. The quantitative estimate of drug-likeness (QED) is 0.726. The van der Waals surface area contributed by atoms with Crippen LogP contribution in [-0.4, -0.2) is 47.8 Å². The van der Waals surface area contributed by atoms with Gasteiger partial charge < -0.3 is 15.2 Å². The molecule has 0 bridgehead atoms. The van der Waals surface area contributed by atoms with Gasteiger partial charge in [0.05, 0.1) is 12.7 Å². The molecular formula is C20H30N2O4. The number of esters is 1. The van der Waals surface area contributed by atoms with E-state index in [1.165, 1.54) is 7.11 Å². The molecule has 26 heavy (non-hydrogen) atoms. The van der Waals surface area contributed by atoms with Crippen molar-refractivity contribution in [1.29, 1.82) is 0 Å². The van der Waals surface area contributed by atoms with Gasteiger partial charge in [-0.3, -0.25) is 9.69 Å². The van der Waals surface area contributed by atoms with E-state index in [0.717, 1.165) is 18.4 Å². The third-order valence-corrected chi connectivity index (χ3v) is 4.75. The van der Waals surface area contributed by atoms with E-state index in [-0.39, 0.29) is 17.4 Å². The molecule has 0 spiro atoms. The van der Waals surface area contributed by atoms with Gasteiger partial charge in [-0.25, -0.2) is 4.79 Å². The Balaban J connectivity index is 1.98. The molecule has 2 unspecified atom stereocenters. The first-order valence-electron chi connectivity index (χ1n) is 9.08. The summed E-state index contributed by atoms with van der Waals surface area (Å²) in [5.41, 5.74) is 1.64. The second-order valence-electron chi connectivity index (χ2n) is 8.14. The minimum absolute atomic E-state index is 0.158. The summed E-state index contributed by atoms with van der Waals surface area (Å²) in [5, 5.41) is 12.9. The molecule has 0 aromatic heterocycles. The summed E-state index contributed by atoms with van der Waals surface area (Å²) in [5.74, 6) is -1.11. The van der Waals surface area contributed by atoms with E-state index in [9.17, 15) is 14.7 Å². The van der Waals surface area contributed by atoms with E-state index in [1.54, 1.807) is 12.1 Å². The van der Waals surface area contributed by atoms with Crippen LogP contribution < -0.4 is 5.32 Å². The van der Waals surface area contributed by atoms with Crippen LogP contribution in [0.4, 0.5) is 0 Å².